The van der Waals surface area contributed by atoms with Crippen LogP contribution in [-0.2, 0) is 23.1 Å². The summed E-state index contributed by atoms with van der Waals surface area (Å²) in [5, 5.41) is 4.18. The molecule has 0 fully saturated rings. The van der Waals surface area contributed by atoms with E-state index in [1.807, 2.05) is 0 Å². The third kappa shape index (κ3) is 3.50. The van der Waals surface area contributed by atoms with Crippen LogP contribution >= 0.6 is 0 Å². The minimum Gasteiger partial charge on any atom is -0.474 e. The van der Waals surface area contributed by atoms with Gasteiger partial charge in [0.25, 0.3) is 0 Å². The highest BCUT2D eigenvalue weighted by Gasteiger charge is 2.31. The summed E-state index contributed by atoms with van der Waals surface area (Å²) in [4.78, 5) is 3.82. The van der Waals surface area contributed by atoms with Crippen LogP contribution in [0.2, 0.25) is 0 Å². The van der Waals surface area contributed by atoms with E-state index in [1.165, 1.54) is 22.6 Å². The second-order valence-corrected chi connectivity index (χ2v) is 7.33. The quantitative estimate of drug-likeness (QED) is 0.831. The second kappa shape index (κ2) is 6.25. The van der Waals surface area contributed by atoms with Crippen LogP contribution < -0.4 is 4.74 Å². The van der Waals surface area contributed by atoms with Crippen molar-refractivity contribution in [2.24, 2.45) is 0 Å². The van der Waals surface area contributed by atoms with E-state index >= 15 is 0 Å². The number of nitrogens with zero attached hydrogens (tertiary/aromatic N) is 4. The number of fused-ring (bicyclic) bond motifs is 1. The first-order chi connectivity index (χ1) is 10.9. The average molecular weight is 340 g/mol. The van der Waals surface area contributed by atoms with Crippen LogP contribution in [0.5, 0.6) is 5.88 Å². The molecule has 0 radical (unpaired) electrons. The fourth-order valence-corrected chi connectivity index (χ4v) is 3.68. The van der Waals surface area contributed by atoms with Crippen molar-refractivity contribution >= 4 is 10.0 Å². The predicted molar refractivity (Wildman–Crippen MR) is 80.7 cm³/mol. The third-order valence-electron chi connectivity index (χ3n) is 3.77. The van der Waals surface area contributed by atoms with E-state index in [-0.39, 0.29) is 19.0 Å². The summed E-state index contributed by atoms with van der Waals surface area (Å²) in [6.07, 6.45) is 4.76. The van der Waals surface area contributed by atoms with Gasteiger partial charge < -0.3 is 4.74 Å². The SMILES string of the molecule is CS(=O)(=O)N1Cc2ccnn2CCC1COc1ncccc1F. The Morgan fingerprint density at radius 1 is 1.39 bits per heavy atom. The van der Waals surface area contributed by atoms with Crippen molar-refractivity contribution in [3.05, 3.63) is 42.1 Å². The van der Waals surface area contributed by atoms with Gasteiger partial charge in [0.05, 0.1) is 24.5 Å². The summed E-state index contributed by atoms with van der Waals surface area (Å²) in [5.74, 6) is -0.692. The number of pyridine rings is 1. The van der Waals surface area contributed by atoms with Gasteiger partial charge >= 0.3 is 0 Å². The molecule has 0 saturated carbocycles. The molecule has 3 rings (SSSR count). The minimum atomic E-state index is -3.44. The summed E-state index contributed by atoms with van der Waals surface area (Å²) < 4.78 is 46.4. The van der Waals surface area contributed by atoms with Gasteiger partial charge in [-0.3, -0.25) is 4.68 Å². The Morgan fingerprint density at radius 2 is 2.22 bits per heavy atom. The molecular weight excluding hydrogens is 323 g/mol. The molecule has 0 spiro atoms. The zero-order valence-electron chi connectivity index (χ0n) is 12.6. The normalized spacial score (nSPS) is 19.1. The number of sulfonamides is 1. The molecule has 1 aliphatic rings. The van der Waals surface area contributed by atoms with Crippen LogP contribution in [0, 0.1) is 5.82 Å². The van der Waals surface area contributed by atoms with Crippen molar-refractivity contribution < 1.29 is 17.5 Å². The molecule has 1 atom stereocenters. The van der Waals surface area contributed by atoms with E-state index in [4.69, 9.17) is 4.74 Å². The third-order valence-corrected chi connectivity index (χ3v) is 5.05. The highest BCUT2D eigenvalue weighted by Crippen LogP contribution is 2.21. The average Bonchev–Trinajstić information content (AvgIpc) is 2.86. The molecule has 0 bridgehead atoms. The van der Waals surface area contributed by atoms with Gasteiger partial charge in [-0.05, 0) is 24.6 Å². The van der Waals surface area contributed by atoms with Gasteiger partial charge in [0.2, 0.25) is 15.9 Å². The van der Waals surface area contributed by atoms with Crippen molar-refractivity contribution in [1.29, 1.82) is 0 Å². The minimum absolute atomic E-state index is 0.0336. The van der Waals surface area contributed by atoms with Gasteiger partial charge in [-0.25, -0.2) is 17.8 Å². The topological polar surface area (TPSA) is 77.3 Å². The molecule has 0 amide bonds. The lowest BCUT2D eigenvalue weighted by atomic mass is 10.2. The number of ether oxygens (including phenoxy) is 1. The maximum atomic E-state index is 13.6. The molecule has 0 aromatic carbocycles. The van der Waals surface area contributed by atoms with E-state index < -0.39 is 21.9 Å². The Hall–Kier alpha value is -2.00. The first-order valence-electron chi connectivity index (χ1n) is 7.16. The molecule has 1 unspecified atom stereocenters. The molecule has 23 heavy (non-hydrogen) atoms. The van der Waals surface area contributed by atoms with Gasteiger partial charge in [-0.15, -0.1) is 0 Å². The predicted octanol–water partition coefficient (Wildman–Crippen LogP) is 1.03. The van der Waals surface area contributed by atoms with E-state index in [2.05, 4.69) is 10.1 Å². The Balaban J connectivity index is 1.79. The standard InChI is InChI=1S/C14H17FN4O3S/c1-23(20,21)19-9-11-4-7-17-18(11)8-5-12(19)10-22-14-13(15)3-2-6-16-14/h2-4,6-7,12H,5,8-10H2,1H3. The number of aryl methyl sites for hydroxylation is 1. The summed E-state index contributed by atoms with van der Waals surface area (Å²) in [5.41, 5.74) is 0.821. The summed E-state index contributed by atoms with van der Waals surface area (Å²) in [7, 11) is -3.44. The van der Waals surface area contributed by atoms with Gasteiger partial charge in [-0.2, -0.15) is 9.40 Å². The van der Waals surface area contributed by atoms with E-state index in [0.717, 1.165) is 11.9 Å². The van der Waals surface area contributed by atoms with Crippen LogP contribution in [0.1, 0.15) is 12.1 Å². The van der Waals surface area contributed by atoms with E-state index in [9.17, 15) is 12.8 Å². The van der Waals surface area contributed by atoms with Gasteiger partial charge in [0.15, 0.2) is 5.82 Å². The molecule has 2 aromatic heterocycles. The van der Waals surface area contributed by atoms with Crippen LogP contribution in [0.25, 0.3) is 0 Å². The zero-order valence-corrected chi connectivity index (χ0v) is 13.4. The monoisotopic (exact) mass is 340 g/mol. The van der Waals surface area contributed by atoms with Crippen LogP contribution in [-0.4, -0.2) is 46.4 Å². The first kappa shape index (κ1) is 15.9. The van der Waals surface area contributed by atoms with Gasteiger partial charge in [0.1, 0.15) is 6.61 Å². The van der Waals surface area contributed by atoms with E-state index in [1.54, 1.807) is 16.9 Å². The zero-order chi connectivity index (χ0) is 16.4. The lowest BCUT2D eigenvalue weighted by Gasteiger charge is -2.27. The van der Waals surface area contributed by atoms with Gasteiger partial charge in [0, 0.05) is 18.9 Å². The van der Waals surface area contributed by atoms with Crippen LogP contribution in [0.3, 0.4) is 0 Å². The molecule has 7 nitrogen and oxygen atoms in total. The van der Waals surface area contributed by atoms with E-state index in [0.29, 0.717) is 13.0 Å². The number of hydrogen-bond acceptors (Lipinski definition) is 5. The Morgan fingerprint density at radius 3 is 2.96 bits per heavy atom. The fourth-order valence-electron chi connectivity index (χ4n) is 2.61. The molecule has 0 aliphatic carbocycles. The summed E-state index contributed by atoms with van der Waals surface area (Å²) >= 11 is 0. The van der Waals surface area contributed by atoms with Crippen molar-refractivity contribution in [1.82, 2.24) is 19.1 Å². The van der Waals surface area contributed by atoms with Crippen LogP contribution in [0.15, 0.2) is 30.6 Å². The molecular formula is C14H17FN4O3S. The second-order valence-electron chi connectivity index (χ2n) is 5.40. The molecule has 0 saturated heterocycles. The Labute approximate surface area is 133 Å². The maximum Gasteiger partial charge on any atom is 0.250 e. The molecule has 1 aliphatic heterocycles. The highest BCUT2D eigenvalue weighted by atomic mass is 32.2. The highest BCUT2D eigenvalue weighted by molar-refractivity contribution is 7.88. The molecule has 3 heterocycles. The molecule has 0 N–H and O–H groups in total. The van der Waals surface area contributed by atoms with Crippen molar-refractivity contribution in [3.63, 3.8) is 0 Å². The Bertz CT molecular complexity index is 793. The molecule has 124 valence electrons. The molecule has 9 heteroatoms. The number of halogens is 1. The summed E-state index contributed by atoms with van der Waals surface area (Å²) in [6, 6.07) is 4.10. The van der Waals surface area contributed by atoms with Crippen molar-refractivity contribution in [2.75, 3.05) is 12.9 Å². The maximum absolute atomic E-state index is 13.6. The van der Waals surface area contributed by atoms with Crippen LogP contribution in [0.4, 0.5) is 4.39 Å². The fraction of sp³-hybridized carbons (Fsp3) is 0.429. The smallest absolute Gasteiger partial charge is 0.250 e. The summed E-state index contributed by atoms with van der Waals surface area (Å²) in [6.45, 7) is 0.830. The largest absolute Gasteiger partial charge is 0.474 e. The van der Waals surface area contributed by atoms with Crippen molar-refractivity contribution in [2.45, 2.75) is 25.6 Å². The lowest BCUT2D eigenvalue weighted by molar-refractivity contribution is 0.185. The number of aromatic nitrogens is 3. The molecule has 2 aromatic rings. The Kier molecular flexibility index (Phi) is 4.31. The number of hydrogen-bond donors (Lipinski definition) is 0. The lowest BCUT2D eigenvalue weighted by Crippen LogP contribution is -2.42. The van der Waals surface area contributed by atoms with Crippen molar-refractivity contribution in [3.8, 4) is 5.88 Å². The number of rotatable bonds is 4. The van der Waals surface area contributed by atoms with Gasteiger partial charge in [-0.1, -0.05) is 0 Å². The first-order valence-corrected chi connectivity index (χ1v) is 9.01.